The molecule has 1 aromatic rings. The van der Waals surface area contributed by atoms with E-state index in [2.05, 4.69) is 6.92 Å². The second-order valence-corrected chi connectivity index (χ2v) is 6.27. The fourth-order valence-corrected chi connectivity index (χ4v) is 2.74. The lowest BCUT2D eigenvalue weighted by Gasteiger charge is -2.06. The molecule has 0 amide bonds. The molecule has 1 rings (SSSR count). The van der Waals surface area contributed by atoms with Crippen LogP contribution in [0.5, 0.6) is 11.5 Å². The van der Waals surface area contributed by atoms with Crippen LogP contribution in [-0.4, -0.2) is 18.0 Å². The Morgan fingerprint density at radius 1 is 1.00 bits per heavy atom. The van der Waals surface area contributed by atoms with Crippen molar-refractivity contribution in [3.8, 4) is 11.5 Å². The number of Topliss-reactive ketones (excluding diaryl/α,β-unsaturated/α-hetero) is 1. The van der Waals surface area contributed by atoms with Crippen LogP contribution in [0, 0.1) is 0 Å². The number of unbranched alkanes of at least 4 members (excludes halogenated alkanes) is 7. The number of carbonyl (C=O) groups is 1. The van der Waals surface area contributed by atoms with E-state index in [1.165, 1.54) is 52.1 Å². The van der Waals surface area contributed by atoms with E-state index in [0.717, 1.165) is 12.0 Å². The highest BCUT2D eigenvalue weighted by atomic mass is 16.5. The summed E-state index contributed by atoms with van der Waals surface area (Å²) in [5.41, 5.74) is 1.03. The number of methoxy groups -OCH3 is 1. The van der Waals surface area contributed by atoms with E-state index in [9.17, 15) is 9.90 Å². The van der Waals surface area contributed by atoms with Gasteiger partial charge in [0.05, 0.1) is 7.11 Å². The van der Waals surface area contributed by atoms with Crippen molar-refractivity contribution >= 4 is 5.78 Å². The van der Waals surface area contributed by atoms with E-state index in [1.807, 2.05) is 6.07 Å². The Kier molecular flexibility index (Phi) is 10.2. The van der Waals surface area contributed by atoms with Crippen LogP contribution in [0.15, 0.2) is 18.2 Å². The van der Waals surface area contributed by atoms with Crippen LogP contribution >= 0.6 is 0 Å². The highest BCUT2D eigenvalue weighted by molar-refractivity contribution is 5.78. The minimum absolute atomic E-state index is 0.140. The first-order valence-electron chi connectivity index (χ1n) is 9.05. The number of hydrogen-bond donors (Lipinski definition) is 1. The lowest BCUT2D eigenvalue weighted by molar-refractivity contribution is -0.119. The third-order valence-electron chi connectivity index (χ3n) is 4.25. The average Bonchev–Trinajstić information content (AvgIpc) is 2.56. The summed E-state index contributed by atoms with van der Waals surface area (Å²) >= 11 is 0. The summed E-state index contributed by atoms with van der Waals surface area (Å²) in [5.74, 6) is 0.947. The maximum absolute atomic E-state index is 11.9. The number of hydrogen-bond acceptors (Lipinski definition) is 3. The minimum atomic E-state index is 0.140. The topological polar surface area (TPSA) is 46.5 Å². The predicted octanol–water partition coefficient (Wildman–Crippen LogP) is 5.43. The van der Waals surface area contributed by atoms with Crippen molar-refractivity contribution in [3.63, 3.8) is 0 Å². The molecule has 0 saturated heterocycles. The van der Waals surface area contributed by atoms with Gasteiger partial charge in [-0.15, -0.1) is 0 Å². The first kappa shape index (κ1) is 19.5. The van der Waals surface area contributed by atoms with Crippen LogP contribution in [0.4, 0.5) is 0 Å². The second-order valence-electron chi connectivity index (χ2n) is 6.27. The monoisotopic (exact) mass is 320 g/mol. The molecule has 0 aliphatic rings. The van der Waals surface area contributed by atoms with Crippen molar-refractivity contribution in [2.24, 2.45) is 0 Å². The SMILES string of the molecule is CCCCCCCCCCC(=O)CCc1ccc(O)c(OC)c1. The first-order chi connectivity index (χ1) is 11.2. The molecule has 0 aliphatic carbocycles. The smallest absolute Gasteiger partial charge is 0.160 e. The average molecular weight is 320 g/mol. The second kappa shape index (κ2) is 12.0. The van der Waals surface area contributed by atoms with Crippen LogP contribution in [0.25, 0.3) is 0 Å². The van der Waals surface area contributed by atoms with Gasteiger partial charge in [0, 0.05) is 12.8 Å². The maximum Gasteiger partial charge on any atom is 0.160 e. The number of phenolic OH excluding ortho intramolecular Hbond substituents is 1. The third kappa shape index (κ3) is 8.63. The van der Waals surface area contributed by atoms with E-state index in [1.54, 1.807) is 12.1 Å². The van der Waals surface area contributed by atoms with Crippen LogP contribution in [0.1, 0.15) is 76.7 Å². The molecule has 0 aromatic heterocycles. The first-order valence-corrected chi connectivity index (χ1v) is 9.05. The summed E-state index contributed by atoms with van der Waals surface area (Å²) in [6.07, 6.45) is 12.1. The highest BCUT2D eigenvalue weighted by Gasteiger charge is 2.06. The Bertz CT molecular complexity index is 454. The van der Waals surface area contributed by atoms with Gasteiger partial charge in [-0.1, -0.05) is 57.9 Å². The fourth-order valence-electron chi connectivity index (χ4n) is 2.74. The molecular formula is C20H32O3. The summed E-state index contributed by atoms with van der Waals surface area (Å²) in [6, 6.07) is 5.28. The lowest BCUT2D eigenvalue weighted by Crippen LogP contribution is -2.00. The predicted molar refractivity (Wildman–Crippen MR) is 95.2 cm³/mol. The van der Waals surface area contributed by atoms with Gasteiger partial charge in [0.1, 0.15) is 5.78 Å². The van der Waals surface area contributed by atoms with E-state index in [4.69, 9.17) is 4.74 Å². The molecule has 3 nitrogen and oxygen atoms in total. The summed E-state index contributed by atoms with van der Waals surface area (Å²) < 4.78 is 5.08. The standard InChI is InChI=1S/C20H32O3/c1-3-4-5-6-7-8-9-10-11-18(21)14-12-17-13-15-19(22)20(16-17)23-2/h13,15-16,22H,3-12,14H2,1-2H3. The highest BCUT2D eigenvalue weighted by Crippen LogP contribution is 2.26. The van der Waals surface area contributed by atoms with Crippen molar-refractivity contribution in [2.75, 3.05) is 7.11 Å². The molecule has 0 spiro atoms. The van der Waals surface area contributed by atoms with Crippen molar-refractivity contribution in [1.82, 2.24) is 0 Å². The number of ether oxygens (including phenoxy) is 1. The minimum Gasteiger partial charge on any atom is -0.504 e. The van der Waals surface area contributed by atoms with Crippen molar-refractivity contribution in [3.05, 3.63) is 23.8 Å². The zero-order valence-corrected chi connectivity index (χ0v) is 14.8. The number of ketones is 1. The van der Waals surface area contributed by atoms with Gasteiger partial charge < -0.3 is 9.84 Å². The van der Waals surface area contributed by atoms with Crippen LogP contribution in [-0.2, 0) is 11.2 Å². The van der Waals surface area contributed by atoms with E-state index >= 15 is 0 Å². The van der Waals surface area contributed by atoms with Crippen molar-refractivity contribution in [2.45, 2.75) is 77.6 Å². The Hall–Kier alpha value is -1.51. The van der Waals surface area contributed by atoms with Crippen molar-refractivity contribution < 1.29 is 14.6 Å². The van der Waals surface area contributed by atoms with Gasteiger partial charge in [0.25, 0.3) is 0 Å². The number of phenols is 1. The summed E-state index contributed by atoms with van der Waals surface area (Å²) in [7, 11) is 1.53. The molecule has 0 saturated carbocycles. The van der Waals surface area contributed by atoms with Gasteiger partial charge in [-0.2, -0.15) is 0 Å². The van der Waals surface area contributed by atoms with Crippen LogP contribution < -0.4 is 4.74 Å². The van der Waals surface area contributed by atoms with Gasteiger partial charge in [-0.05, 0) is 30.5 Å². The molecule has 0 radical (unpaired) electrons. The number of aromatic hydroxyl groups is 1. The number of benzene rings is 1. The molecule has 3 heteroatoms. The lowest BCUT2D eigenvalue weighted by atomic mass is 10.0. The molecular weight excluding hydrogens is 288 g/mol. The molecule has 0 atom stereocenters. The summed E-state index contributed by atoms with van der Waals surface area (Å²) in [4.78, 5) is 11.9. The maximum atomic E-state index is 11.9. The summed E-state index contributed by atoms with van der Waals surface area (Å²) in [6.45, 7) is 2.24. The molecule has 0 bridgehead atoms. The Morgan fingerprint density at radius 2 is 1.65 bits per heavy atom. The van der Waals surface area contributed by atoms with Gasteiger partial charge in [-0.3, -0.25) is 4.79 Å². The summed E-state index contributed by atoms with van der Waals surface area (Å²) in [5, 5.41) is 9.56. The molecule has 0 fully saturated rings. The van der Waals surface area contributed by atoms with E-state index in [0.29, 0.717) is 30.8 Å². The molecule has 1 N–H and O–H groups in total. The Labute approximate surface area is 141 Å². The Morgan fingerprint density at radius 3 is 2.30 bits per heavy atom. The zero-order valence-electron chi connectivity index (χ0n) is 14.8. The number of rotatable bonds is 13. The quantitative estimate of drug-likeness (QED) is 0.493. The largest absolute Gasteiger partial charge is 0.504 e. The van der Waals surface area contributed by atoms with Crippen LogP contribution in [0.2, 0.25) is 0 Å². The van der Waals surface area contributed by atoms with E-state index in [-0.39, 0.29) is 5.75 Å². The van der Waals surface area contributed by atoms with Crippen LogP contribution in [0.3, 0.4) is 0 Å². The molecule has 130 valence electrons. The number of aryl methyl sites for hydroxylation is 1. The van der Waals surface area contributed by atoms with Gasteiger partial charge in [0.15, 0.2) is 11.5 Å². The fraction of sp³-hybridized carbons (Fsp3) is 0.650. The molecule has 0 aliphatic heterocycles. The molecule has 23 heavy (non-hydrogen) atoms. The van der Waals surface area contributed by atoms with Crippen molar-refractivity contribution in [1.29, 1.82) is 0 Å². The van der Waals surface area contributed by atoms with Gasteiger partial charge in [0.2, 0.25) is 0 Å². The Balaban J connectivity index is 2.10. The molecule has 0 unspecified atom stereocenters. The number of carbonyl (C=O) groups excluding carboxylic acids is 1. The molecule has 1 aromatic carbocycles. The van der Waals surface area contributed by atoms with E-state index < -0.39 is 0 Å². The van der Waals surface area contributed by atoms with Gasteiger partial charge >= 0.3 is 0 Å². The third-order valence-corrected chi connectivity index (χ3v) is 4.25. The van der Waals surface area contributed by atoms with Gasteiger partial charge in [-0.25, -0.2) is 0 Å². The zero-order chi connectivity index (χ0) is 16.9. The molecule has 0 heterocycles. The normalized spacial score (nSPS) is 10.7.